The number of hydrogen-bond donors (Lipinski definition) is 3. The fourth-order valence-corrected chi connectivity index (χ4v) is 2.69. The molecule has 0 saturated carbocycles. The zero-order valence-electron chi connectivity index (χ0n) is 14.1. The Balaban J connectivity index is 1.60. The van der Waals surface area contributed by atoms with E-state index in [-0.39, 0.29) is 17.0 Å². The van der Waals surface area contributed by atoms with Crippen LogP contribution in [0.1, 0.15) is 10.4 Å². The number of anilines is 3. The van der Waals surface area contributed by atoms with Gasteiger partial charge in [-0.1, -0.05) is 18.2 Å². The van der Waals surface area contributed by atoms with Crippen LogP contribution in [0.2, 0.25) is 0 Å². The molecule has 0 fully saturated rings. The third kappa shape index (κ3) is 3.52. The van der Waals surface area contributed by atoms with Gasteiger partial charge in [0.25, 0.3) is 5.91 Å². The van der Waals surface area contributed by atoms with Crippen LogP contribution >= 0.6 is 0 Å². The van der Waals surface area contributed by atoms with Crippen molar-refractivity contribution >= 4 is 34.0 Å². The number of pyridine rings is 1. The second kappa shape index (κ2) is 7.09. The van der Waals surface area contributed by atoms with Gasteiger partial charge in [0, 0.05) is 35.1 Å². The third-order valence-corrected chi connectivity index (χ3v) is 4.00. The average molecular weight is 357 g/mol. The van der Waals surface area contributed by atoms with Crippen LogP contribution in [0, 0.1) is 0 Å². The lowest BCUT2D eigenvalue weighted by molar-refractivity contribution is 0.102. The maximum atomic E-state index is 12.5. The molecule has 7 nitrogen and oxygen atoms in total. The van der Waals surface area contributed by atoms with Crippen molar-refractivity contribution in [1.82, 2.24) is 15.0 Å². The molecule has 7 heteroatoms. The lowest BCUT2D eigenvalue weighted by Crippen LogP contribution is -2.18. The standard InChI is InChI=1S/C20H15N5O2/c26-18-8-9-21-11-17(18)25-20(27)13-4-3-5-14(10-13)24-19-15-6-1-2-7-16(15)22-12-23-19/h1-12H,(H,21,26)(H,25,27)(H,22,23,24). The molecule has 0 aliphatic rings. The molecule has 0 saturated heterocycles. The van der Waals surface area contributed by atoms with E-state index in [9.17, 15) is 9.59 Å². The maximum Gasteiger partial charge on any atom is 0.255 e. The van der Waals surface area contributed by atoms with Gasteiger partial charge in [-0.15, -0.1) is 0 Å². The molecule has 0 spiro atoms. The number of H-pyrrole nitrogens is 1. The number of aromatic nitrogens is 3. The Morgan fingerprint density at radius 3 is 2.78 bits per heavy atom. The predicted octanol–water partition coefficient (Wildman–Crippen LogP) is 3.31. The van der Waals surface area contributed by atoms with Gasteiger partial charge in [-0.3, -0.25) is 9.59 Å². The number of benzene rings is 2. The SMILES string of the molecule is O=C(Nc1c[nH]ccc1=O)c1cccc(Nc2ncnc3ccccc23)c1. The van der Waals surface area contributed by atoms with E-state index >= 15 is 0 Å². The van der Waals surface area contributed by atoms with Crippen LogP contribution < -0.4 is 16.1 Å². The summed E-state index contributed by atoms with van der Waals surface area (Å²) in [4.78, 5) is 35.5. The zero-order valence-corrected chi connectivity index (χ0v) is 14.1. The zero-order chi connectivity index (χ0) is 18.6. The van der Waals surface area contributed by atoms with Crippen molar-refractivity contribution in [3.05, 3.63) is 89.1 Å². The van der Waals surface area contributed by atoms with Crippen molar-refractivity contribution in [2.75, 3.05) is 10.6 Å². The first kappa shape index (κ1) is 16.5. The average Bonchev–Trinajstić information content (AvgIpc) is 2.70. The maximum absolute atomic E-state index is 12.5. The summed E-state index contributed by atoms with van der Waals surface area (Å²) < 4.78 is 0. The Labute approximate surface area is 154 Å². The van der Waals surface area contributed by atoms with Crippen molar-refractivity contribution < 1.29 is 4.79 Å². The van der Waals surface area contributed by atoms with Gasteiger partial charge in [0.1, 0.15) is 17.8 Å². The van der Waals surface area contributed by atoms with Gasteiger partial charge in [-0.05, 0) is 30.3 Å². The van der Waals surface area contributed by atoms with Gasteiger partial charge < -0.3 is 15.6 Å². The van der Waals surface area contributed by atoms with Crippen molar-refractivity contribution in [3.8, 4) is 0 Å². The smallest absolute Gasteiger partial charge is 0.255 e. The molecule has 2 heterocycles. The van der Waals surface area contributed by atoms with E-state index in [1.807, 2.05) is 30.3 Å². The molecule has 0 unspecified atom stereocenters. The Morgan fingerprint density at radius 2 is 1.89 bits per heavy atom. The number of nitrogens with one attached hydrogen (secondary N) is 3. The number of amides is 1. The molecule has 2 aromatic carbocycles. The molecular formula is C20H15N5O2. The third-order valence-electron chi connectivity index (χ3n) is 4.00. The molecule has 0 aliphatic carbocycles. The Bertz CT molecular complexity index is 1180. The summed E-state index contributed by atoms with van der Waals surface area (Å²) in [6, 6.07) is 16.0. The summed E-state index contributed by atoms with van der Waals surface area (Å²) in [5, 5.41) is 6.71. The van der Waals surface area contributed by atoms with Crippen LogP contribution in [0.15, 0.2) is 78.1 Å². The van der Waals surface area contributed by atoms with Crippen LogP contribution in [-0.4, -0.2) is 20.9 Å². The minimum absolute atomic E-state index is 0.197. The highest BCUT2D eigenvalue weighted by molar-refractivity contribution is 6.04. The Kier molecular flexibility index (Phi) is 4.32. The van der Waals surface area contributed by atoms with Gasteiger partial charge in [-0.2, -0.15) is 0 Å². The minimum Gasteiger partial charge on any atom is -0.366 e. The lowest BCUT2D eigenvalue weighted by atomic mass is 10.1. The van der Waals surface area contributed by atoms with Gasteiger partial charge in [0.15, 0.2) is 0 Å². The first-order valence-electron chi connectivity index (χ1n) is 8.26. The summed E-state index contributed by atoms with van der Waals surface area (Å²) in [6.45, 7) is 0. The van der Waals surface area contributed by atoms with E-state index in [2.05, 4.69) is 25.6 Å². The van der Waals surface area contributed by atoms with E-state index in [4.69, 9.17) is 0 Å². The molecule has 0 atom stereocenters. The molecule has 132 valence electrons. The molecule has 0 bridgehead atoms. The summed E-state index contributed by atoms with van der Waals surface area (Å²) in [7, 11) is 0. The molecule has 4 rings (SSSR count). The number of para-hydroxylation sites is 1. The molecule has 27 heavy (non-hydrogen) atoms. The van der Waals surface area contributed by atoms with Crippen LogP contribution in [0.4, 0.5) is 17.2 Å². The topological polar surface area (TPSA) is 99.8 Å². The van der Waals surface area contributed by atoms with Crippen LogP contribution in [-0.2, 0) is 0 Å². The van der Waals surface area contributed by atoms with Crippen molar-refractivity contribution in [3.63, 3.8) is 0 Å². The van der Waals surface area contributed by atoms with Gasteiger partial charge >= 0.3 is 0 Å². The minimum atomic E-state index is -0.372. The van der Waals surface area contributed by atoms with E-state index in [1.165, 1.54) is 24.8 Å². The number of aromatic amines is 1. The molecular weight excluding hydrogens is 342 g/mol. The summed E-state index contributed by atoms with van der Waals surface area (Å²) in [5.41, 5.74) is 1.88. The molecule has 0 aliphatic heterocycles. The number of carbonyl (C=O) groups is 1. The van der Waals surface area contributed by atoms with E-state index in [0.717, 1.165) is 10.9 Å². The first-order chi connectivity index (χ1) is 13.2. The Hall–Kier alpha value is -4.00. The van der Waals surface area contributed by atoms with Crippen molar-refractivity contribution in [1.29, 1.82) is 0 Å². The quantitative estimate of drug-likeness (QED) is 0.520. The summed E-state index contributed by atoms with van der Waals surface area (Å²) in [5.74, 6) is 0.278. The second-order valence-electron chi connectivity index (χ2n) is 5.82. The highest BCUT2D eigenvalue weighted by atomic mass is 16.2. The van der Waals surface area contributed by atoms with E-state index in [0.29, 0.717) is 17.1 Å². The second-order valence-corrected chi connectivity index (χ2v) is 5.82. The fourth-order valence-electron chi connectivity index (χ4n) is 2.69. The van der Waals surface area contributed by atoms with Crippen LogP contribution in [0.25, 0.3) is 10.9 Å². The van der Waals surface area contributed by atoms with E-state index in [1.54, 1.807) is 18.2 Å². The highest BCUT2D eigenvalue weighted by Crippen LogP contribution is 2.23. The number of hydrogen-bond acceptors (Lipinski definition) is 5. The number of fused-ring (bicyclic) bond motifs is 1. The number of nitrogens with zero attached hydrogens (tertiary/aromatic N) is 2. The molecule has 1 amide bonds. The van der Waals surface area contributed by atoms with Gasteiger partial charge in [0.2, 0.25) is 5.43 Å². The lowest BCUT2D eigenvalue weighted by Gasteiger charge is -2.10. The molecule has 2 aromatic heterocycles. The molecule has 0 radical (unpaired) electrons. The van der Waals surface area contributed by atoms with Crippen LogP contribution in [0.3, 0.4) is 0 Å². The number of rotatable bonds is 4. The monoisotopic (exact) mass is 357 g/mol. The Morgan fingerprint density at radius 1 is 1.00 bits per heavy atom. The fraction of sp³-hybridized carbons (Fsp3) is 0. The highest BCUT2D eigenvalue weighted by Gasteiger charge is 2.10. The van der Waals surface area contributed by atoms with Gasteiger partial charge in [0.05, 0.1) is 5.52 Å². The van der Waals surface area contributed by atoms with E-state index < -0.39 is 0 Å². The van der Waals surface area contributed by atoms with Crippen LogP contribution in [0.5, 0.6) is 0 Å². The molecule has 4 aromatic rings. The largest absolute Gasteiger partial charge is 0.366 e. The predicted molar refractivity (Wildman–Crippen MR) is 104 cm³/mol. The normalized spacial score (nSPS) is 10.5. The number of carbonyl (C=O) groups excluding carboxylic acids is 1. The van der Waals surface area contributed by atoms with Gasteiger partial charge in [-0.25, -0.2) is 9.97 Å². The first-order valence-corrected chi connectivity index (χ1v) is 8.26. The van der Waals surface area contributed by atoms with Crippen molar-refractivity contribution in [2.45, 2.75) is 0 Å². The summed E-state index contributed by atoms with van der Waals surface area (Å²) in [6.07, 6.45) is 4.45. The van der Waals surface area contributed by atoms with Crippen molar-refractivity contribution in [2.24, 2.45) is 0 Å². The molecule has 3 N–H and O–H groups in total. The summed E-state index contributed by atoms with van der Waals surface area (Å²) >= 11 is 0.